The number of hydrogen-bond donors (Lipinski definition) is 0. The zero-order valence-electron chi connectivity index (χ0n) is 33.5. The molecule has 0 saturated heterocycles. The minimum atomic E-state index is 1.21. The largest absolute Gasteiger partial charge is 0.134 e. The summed E-state index contributed by atoms with van der Waals surface area (Å²) in [5, 5.41) is 2.61. The van der Waals surface area contributed by atoms with Crippen LogP contribution in [0.3, 0.4) is 0 Å². The average Bonchev–Trinajstić information content (AvgIpc) is 3.74. The first-order valence-electron chi connectivity index (χ1n) is 20.9. The molecular weight excluding hydrogens is 753 g/mol. The van der Waals surface area contributed by atoms with Gasteiger partial charge in [0, 0.05) is 20.2 Å². The molecule has 0 unspecified atom stereocenters. The number of benzene rings is 10. The summed E-state index contributed by atoms with van der Waals surface area (Å²) in [6, 6.07) is 88.4. The molecule has 0 radical (unpaired) electrons. The average molecular weight is 793 g/mol. The Morgan fingerprint density at radius 1 is 0.180 bits per heavy atom. The Labute approximate surface area is 361 Å². The molecule has 286 valence electrons. The Morgan fingerprint density at radius 3 is 0.754 bits per heavy atom. The maximum absolute atomic E-state index is 2.32. The van der Waals surface area contributed by atoms with Crippen LogP contribution in [0.4, 0.5) is 0 Å². The lowest BCUT2D eigenvalue weighted by molar-refractivity contribution is 1.56. The van der Waals surface area contributed by atoms with Crippen LogP contribution in [0.5, 0.6) is 0 Å². The third kappa shape index (κ3) is 7.16. The molecule has 0 N–H and O–H groups in total. The number of hydrogen-bond acceptors (Lipinski definition) is 1. The van der Waals surface area contributed by atoms with Crippen LogP contribution < -0.4 is 0 Å². The van der Waals surface area contributed by atoms with Crippen LogP contribution in [0.1, 0.15) is 0 Å². The summed E-state index contributed by atoms with van der Waals surface area (Å²) in [7, 11) is 0. The van der Waals surface area contributed by atoms with Crippen LogP contribution in [0.2, 0.25) is 0 Å². The van der Waals surface area contributed by atoms with Gasteiger partial charge in [-0.05, 0) is 113 Å². The highest BCUT2D eigenvalue weighted by Gasteiger charge is 2.15. The predicted molar refractivity (Wildman–Crippen MR) is 263 cm³/mol. The van der Waals surface area contributed by atoms with Gasteiger partial charge in [-0.3, -0.25) is 0 Å². The molecule has 11 rings (SSSR count). The highest BCUT2D eigenvalue weighted by Crippen LogP contribution is 2.44. The van der Waals surface area contributed by atoms with Crippen LogP contribution in [-0.4, -0.2) is 0 Å². The van der Waals surface area contributed by atoms with E-state index in [-0.39, 0.29) is 0 Å². The van der Waals surface area contributed by atoms with E-state index in [1.54, 1.807) is 0 Å². The lowest BCUT2D eigenvalue weighted by atomic mass is 9.94. The van der Waals surface area contributed by atoms with Crippen molar-refractivity contribution in [1.29, 1.82) is 0 Å². The van der Waals surface area contributed by atoms with Gasteiger partial charge in [-0.25, -0.2) is 0 Å². The predicted octanol–water partition coefficient (Wildman–Crippen LogP) is 17.4. The van der Waals surface area contributed by atoms with Crippen molar-refractivity contribution in [2.45, 2.75) is 0 Å². The minimum absolute atomic E-state index is 1.21. The van der Waals surface area contributed by atoms with Gasteiger partial charge in [0.2, 0.25) is 0 Å². The Morgan fingerprint density at radius 2 is 0.426 bits per heavy atom. The van der Waals surface area contributed by atoms with E-state index in [0.717, 1.165) is 0 Å². The molecule has 0 amide bonds. The van der Waals surface area contributed by atoms with Gasteiger partial charge in [0.25, 0.3) is 0 Å². The topological polar surface area (TPSA) is 0 Å². The molecule has 0 fully saturated rings. The molecule has 0 atom stereocenters. The number of thiophene rings is 1. The lowest BCUT2D eigenvalue weighted by Crippen LogP contribution is -1.85. The van der Waals surface area contributed by atoms with Crippen LogP contribution in [0.25, 0.3) is 109 Å². The van der Waals surface area contributed by atoms with E-state index in [2.05, 4.69) is 243 Å². The summed E-state index contributed by atoms with van der Waals surface area (Å²) in [4.78, 5) is 0. The fourth-order valence-corrected chi connectivity index (χ4v) is 10.1. The highest BCUT2D eigenvalue weighted by atomic mass is 32.1. The fourth-order valence-electron chi connectivity index (χ4n) is 8.73. The maximum Gasteiger partial charge on any atom is 0.0434 e. The molecule has 0 saturated carbocycles. The molecule has 0 spiro atoms. The highest BCUT2D eigenvalue weighted by molar-refractivity contribution is 7.26. The van der Waals surface area contributed by atoms with Gasteiger partial charge in [0.05, 0.1) is 0 Å². The summed E-state index contributed by atoms with van der Waals surface area (Å²) in [6.07, 6.45) is 0. The Balaban J connectivity index is 0.870. The molecule has 0 aliphatic rings. The van der Waals surface area contributed by atoms with E-state index >= 15 is 0 Å². The van der Waals surface area contributed by atoms with Crippen LogP contribution in [-0.2, 0) is 0 Å². The molecule has 1 aromatic heterocycles. The molecule has 0 nitrogen and oxygen atoms in total. The quantitative estimate of drug-likeness (QED) is 0.144. The van der Waals surface area contributed by atoms with E-state index in [0.29, 0.717) is 0 Å². The second kappa shape index (κ2) is 15.9. The SMILES string of the molecule is c1ccc(-c2cccc(-c3ccc(-c4cccc5c4sc4c(-c6ccc(-c7cccc(-c8cccc(-c9cccc(-c%10ccccc%10)c9)c8)c7)cc6)cccc45)cc3)c2)cc1. The van der Waals surface area contributed by atoms with E-state index in [4.69, 9.17) is 0 Å². The molecule has 61 heavy (non-hydrogen) atoms. The maximum atomic E-state index is 2.32. The Kier molecular flexibility index (Phi) is 9.50. The van der Waals surface area contributed by atoms with Gasteiger partial charge in [-0.2, -0.15) is 0 Å². The van der Waals surface area contributed by atoms with Crippen molar-refractivity contribution < 1.29 is 0 Å². The molecule has 11 aromatic rings. The van der Waals surface area contributed by atoms with Crippen LogP contribution in [0.15, 0.2) is 243 Å². The first kappa shape index (κ1) is 36.5. The molecule has 1 heteroatoms. The molecule has 0 bridgehead atoms. The van der Waals surface area contributed by atoms with Gasteiger partial charge >= 0.3 is 0 Å². The standard InChI is InChI=1S/C60H40S/c1-3-13-41(14-4-1)47-17-7-19-49(37-47)43-29-33-45(34-30-43)55-25-11-27-57-58-28-12-26-56(60(58)61-59(55)57)46-35-31-44(32-36-46)50-20-9-22-52(39-50)54-24-10-23-53(40-54)51-21-8-18-48(38-51)42-15-5-2-6-16-42/h1-40H. The van der Waals surface area contributed by atoms with Crippen LogP contribution in [0, 0.1) is 0 Å². The fraction of sp³-hybridized carbons (Fsp3) is 0. The van der Waals surface area contributed by atoms with Crippen molar-refractivity contribution in [2.24, 2.45) is 0 Å². The van der Waals surface area contributed by atoms with Crippen molar-refractivity contribution in [2.75, 3.05) is 0 Å². The third-order valence-corrected chi connectivity index (χ3v) is 13.2. The van der Waals surface area contributed by atoms with Crippen molar-refractivity contribution in [3.8, 4) is 89.0 Å². The van der Waals surface area contributed by atoms with E-state index in [9.17, 15) is 0 Å². The summed E-state index contributed by atoms with van der Waals surface area (Å²) >= 11 is 1.90. The summed E-state index contributed by atoms with van der Waals surface area (Å²) in [5.41, 5.74) is 19.6. The summed E-state index contributed by atoms with van der Waals surface area (Å²) in [6.45, 7) is 0. The third-order valence-electron chi connectivity index (χ3n) is 11.9. The normalized spacial score (nSPS) is 11.3. The molecular formula is C60H40S. The molecule has 1 heterocycles. The van der Waals surface area contributed by atoms with Crippen LogP contribution >= 0.6 is 11.3 Å². The Hall–Kier alpha value is -7.58. The molecule has 10 aromatic carbocycles. The zero-order valence-corrected chi connectivity index (χ0v) is 34.3. The second-order valence-electron chi connectivity index (χ2n) is 15.7. The van der Waals surface area contributed by atoms with E-state index < -0.39 is 0 Å². The Bertz CT molecular complexity index is 3320. The first-order valence-corrected chi connectivity index (χ1v) is 21.7. The second-order valence-corrected chi connectivity index (χ2v) is 16.7. The lowest BCUT2D eigenvalue weighted by Gasteiger charge is -2.10. The number of fused-ring (bicyclic) bond motifs is 3. The monoisotopic (exact) mass is 792 g/mol. The first-order chi connectivity index (χ1) is 30.2. The zero-order chi connectivity index (χ0) is 40.5. The van der Waals surface area contributed by atoms with Gasteiger partial charge in [-0.1, -0.05) is 218 Å². The van der Waals surface area contributed by atoms with Crippen molar-refractivity contribution in [3.63, 3.8) is 0 Å². The van der Waals surface area contributed by atoms with Crippen molar-refractivity contribution >= 4 is 31.5 Å². The summed E-state index contributed by atoms with van der Waals surface area (Å²) < 4.78 is 2.65. The van der Waals surface area contributed by atoms with E-state index in [1.165, 1.54) is 109 Å². The molecule has 0 aliphatic carbocycles. The van der Waals surface area contributed by atoms with Gasteiger partial charge in [-0.15, -0.1) is 11.3 Å². The smallest absolute Gasteiger partial charge is 0.0434 e. The number of rotatable bonds is 8. The van der Waals surface area contributed by atoms with E-state index in [1.807, 2.05) is 11.3 Å². The van der Waals surface area contributed by atoms with Gasteiger partial charge in [0.15, 0.2) is 0 Å². The minimum Gasteiger partial charge on any atom is -0.134 e. The summed E-state index contributed by atoms with van der Waals surface area (Å²) in [5.74, 6) is 0. The van der Waals surface area contributed by atoms with Gasteiger partial charge < -0.3 is 0 Å². The molecule has 0 aliphatic heterocycles. The van der Waals surface area contributed by atoms with Crippen molar-refractivity contribution in [1.82, 2.24) is 0 Å². The van der Waals surface area contributed by atoms with Crippen molar-refractivity contribution in [3.05, 3.63) is 243 Å². The van der Waals surface area contributed by atoms with Gasteiger partial charge in [0.1, 0.15) is 0 Å².